The van der Waals surface area contributed by atoms with E-state index in [2.05, 4.69) is 15.0 Å². The second-order valence-electron chi connectivity index (χ2n) is 6.20. The fraction of sp³-hybridized carbons (Fsp3) is 0.867. The molecule has 0 aromatic carbocycles. The van der Waals surface area contributed by atoms with E-state index in [-0.39, 0.29) is 12.2 Å². The highest BCUT2D eigenvalue weighted by molar-refractivity contribution is 4.75. The van der Waals surface area contributed by atoms with Crippen LogP contribution in [-0.4, -0.2) is 89.1 Å². The van der Waals surface area contributed by atoms with E-state index < -0.39 is 6.10 Å². The Kier molecular flexibility index (Phi) is 6.35. The summed E-state index contributed by atoms with van der Waals surface area (Å²) in [6, 6.07) is 0. The van der Waals surface area contributed by atoms with Crippen LogP contribution in [0.1, 0.15) is 12.8 Å². The minimum atomic E-state index is -0.485. The first-order chi connectivity index (χ1) is 11.3. The number of nitrogens with zero attached hydrogens (tertiary/aromatic N) is 4. The Hall–Kier alpha value is -1.06. The standard InChI is InChI=1S/C15H26N4O4/c20-13(9-21-10-14-2-1-4-22-14)6-18-3-5-23-15(7-18)8-19-12-16-11-17-19/h11-15,20H,1-10H2. The van der Waals surface area contributed by atoms with Gasteiger partial charge in [-0.1, -0.05) is 0 Å². The van der Waals surface area contributed by atoms with E-state index in [1.54, 1.807) is 11.0 Å². The summed E-state index contributed by atoms with van der Waals surface area (Å²) in [4.78, 5) is 6.15. The third-order valence-corrected chi connectivity index (χ3v) is 4.19. The number of morpholine rings is 1. The van der Waals surface area contributed by atoms with Crippen molar-refractivity contribution in [1.29, 1.82) is 0 Å². The van der Waals surface area contributed by atoms with Crippen LogP contribution >= 0.6 is 0 Å². The molecule has 3 atom stereocenters. The predicted molar refractivity (Wildman–Crippen MR) is 82.0 cm³/mol. The Morgan fingerprint density at radius 3 is 3.00 bits per heavy atom. The molecule has 0 spiro atoms. The third kappa shape index (κ3) is 5.50. The topological polar surface area (TPSA) is 81.9 Å². The molecule has 2 fully saturated rings. The minimum Gasteiger partial charge on any atom is -0.389 e. The number of β-amino-alcohol motifs (C(OH)–C–C–N with tert-alkyl or cyclic N) is 1. The van der Waals surface area contributed by atoms with Gasteiger partial charge in [-0.3, -0.25) is 9.58 Å². The lowest BCUT2D eigenvalue weighted by molar-refractivity contribution is -0.0631. The summed E-state index contributed by atoms with van der Waals surface area (Å²) >= 11 is 0. The zero-order valence-electron chi connectivity index (χ0n) is 13.4. The van der Waals surface area contributed by atoms with E-state index >= 15 is 0 Å². The van der Waals surface area contributed by atoms with Gasteiger partial charge in [0.25, 0.3) is 0 Å². The number of aliphatic hydroxyl groups excluding tert-OH is 1. The lowest BCUT2D eigenvalue weighted by atomic mass is 10.2. The molecule has 8 heteroatoms. The van der Waals surface area contributed by atoms with Crippen LogP contribution in [0.25, 0.3) is 0 Å². The summed E-state index contributed by atoms with van der Waals surface area (Å²) in [6.45, 7) is 5.32. The van der Waals surface area contributed by atoms with Gasteiger partial charge in [-0.25, -0.2) is 4.98 Å². The van der Waals surface area contributed by atoms with Crippen LogP contribution in [0.2, 0.25) is 0 Å². The molecule has 1 aromatic heterocycles. The maximum atomic E-state index is 10.1. The maximum Gasteiger partial charge on any atom is 0.137 e. The molecular weight excluding hydrogens is 300 g/mol. The molecule has 3 rings (SSSR count). The van der Waals surface area contributed by atoms with Crippen LogP contribution in [0.3, 0.4) is 0 Å². The molecule has 0 aliphatic carbocycles. The zero-order valence-corrected chi connectivity index (χ0v) is 13.4. The average molecular weight is 326 g/mol. The van der Waals surface area contributed by atoms with Crippen molar-refractivity contribution < 1.29 is 19.3 Å². The fourth-order valence-electron chi connectivity index (χ4n) is 3.05. The third-order valence-electron chi connectivity index (χ3n) is 4.19. The van der Waals surface area contributed by atoms with Crippen LogP contribution < -0.4 is 0 Å². The van der Waals surface area contributed by atoms with Gasteiger partial charge in [-0.15, -0.1) is 0 Å². The quantitative estimate of drug-likeness (QED) is 0.692. The Bertz CT molecular complexity index is 439. The Morgan fingerprint density at radius 1 is 1.30 bits per heavy atom. The summed E-state index contributed by atoms with van der Waals surface area (Å²) < 4.78 is 18.6. The normalized spacial score (nSPS) is 27.3. The van der Waals surface area contributed by atoms with E-state index in [0.29, 0.717) is 32.9 Å². The van der Waals surface area contributed by atoms with Crippen molar-refractivity contribution in [2.75, 3.05) is 46.1 Å². The molecular formula is C15H26N4O4. The highest BCUT2D eigenvalue weighted by Crippen LogP contribution is 2.12. The molecule has 2 aliphatic rings. The number of ether oxygens (including phenoxy) is 3. The van der Waals surface area contributed by atoms with Gasteiger partial charge in [0.15, 0.2) is 0 Å². The summed E-state index contributed by atoms with van der Waals surface area (Å²) in [5, 5.41) is 14.2. The first-order valence-corrected chi connectivity index (χ1v) is 8.33. The van der Waals surface area contributed by atoms with Crippen molar-refractivity contribution in [2.45, 2.75) is 37.7 Å². The largest absolute Gasteiger partial charge is 0.389 e. The van der Waals surface area contributed by atoms with E-state index in [4.69, 9.17) is 14.2 Å². The number of hydrogen-bond donors (Lipinski definition) is 1. The predicted octanol–water partition coefficient (Wildman–Crippen LogP) is -0.465. The number of aromatic nitrogens is 3. The highest BCUT2D eigenvalue weighted by Gasteiger charge is 2.23. The monoisotopic (exact) mass is 326 g/mol. The fourth-order valence-corrected chi connectivity index (χ4v) is 3.05. The molecule has 0 amide bonds. The summed E-state index contributed by atoms with van der Waals surface area (Å²) in [5.74, 6) is 0. The van der Waals surface area contributed by atoms with Crippen LogP contribution in [0.4, 0.5) is 0 Å². The lowest BCUT2D eigenvalue weighted by Gasteiger charge is -2.33. The van der Waals surface area contributed by atoms with Gasteiger partial charge >= 0.3 is 0 Å². The van der Waals surface area contributed by atoms with Gasteiger partial charge in [-0.2, -0.15) is 5.10 Å². The Balaban J connectivity index is 1.33. The molecule has 1 N–H and O–H groups in total. The van der Waals surface area contributed by atoms with Crippen LogP contribution in [0.15, 0.2) is 12.7 Å². The van der Waals surface area contributed by atoms with Crippen molar-refractivity contribution in [3.8, 4) is 0 Å². The minimum absolute atomic E-state index is 0.0745. The molecule has 0 bridgehead atoms. The molecule has 23 heavy (non-hydrogen) atoms. The van der Waals surface area contributed by atoms with Crippen molar-refractivity contribution in [2.24, 2.45) is 0 Å². The highest BCUT2D eigenvalue weighted by atomic mass is 16.5. The van der Waals surface area contributed by atoms with Crippen molar-refractivity contribution >= 4 is 0 Å². The van der Waals surface area contributed by atoms with E-state index in [0.717, 1.165) is 32.5 Å². The molecule has 8 nitrogen and oxygen atoms in total. The van der Waals surface area contributed by atoms with E-state index in [1.165, 1.54) is 6.33 Å². The average Bonchev–Trinajstić information content (AvgIpc) is 3.21. The Labute approximate surface area is 136 Å². The van der Waals surface area contributed by atoms with Crippen LogP contribution in [0, 0.1) is 0 Å². The molecule has 2 saturated heterocycles. The van der Waals surface area contributed by atoms with E-state index in [1.807, 2.05) is 0 Å². The zero-order chi connectivity index (χ0) is 15.9. The SMILES string of the molecule is OC(COCC1CCCO1)CN1CCOC(Cn2cncn2)C1. The number of aliphatic hydroxyl groups is 1. The molecule has 2 aliphatic heterocycles. The van der Waals surface area contributed by atoms with Gasteiger partial charge in [0.1, 0.15) is 12.7 Å². The van der Waals surface area contributed by atoms with Crippen molar-refractivity contribution in [3.63, 3.8) is 0 Å². The first kappa shape index (κ1) is 16.8. The van der Waals surface area contributed by atoms with Gasteiger partial charge in [0.2, 0.25) is 0 Å². The summed E-state index contributed by atoms with van der Waals surface area (Å²) in [7, 11) is 0. The van der Waals surface area contributed by atoms with Gasteiger partial charge in [-0.05, 0) is 12.8 Å². The van der Waals surface area contributed by atoms with Gasteiger partial charge < -0.3 is 19.3 Å². The van der Waals surface area contributed by atoms with Crippen molar-refractivity contribution in [3.05, 3.63) is 12.7 Å². The van der Waals surface area contributed by atoms with Crippen LogP contribution in [0.5, 0.6) is 0 Å². The van der Waals surface area contributed by atoms with Gasteiger partial charge in [0, 0.05) is 26.2 Å². The van der Waals surface area contributed by atoms with Crippen LogP contribution in [-0.2, 0) is 20.8 Å². The molecule has 3 heterocycles. The number of rotatable bonds is 8. The smallest absolute Gasteiger partial charge is 0.137 e. The number of hydrogen-bond acceptors (Lipinski definition) is 7. The molecule has 1 aromatic rings. The lowest BCUT2D eigenvalue weighted by Crippen LogP contribution is -2.47. The molecule has 130 valence electrons. The van der Waals surface area contributed by atoms with Crippen molar-refractivity contribution in [1.82, 2.24) is 19.7 Å². The van der Waals surface area contributed by atoms with E-state index in [9.17, 15) is 5.11 Å². The molecule has 3 unspecified atom stereocenters. The molecule has 0 saturated carbocycles. The summed E-state index contributed by atoms with van der Waals surface area (Å²) in [6.07, 6.45) is 5.18. The second kappa shape index (κ2) is 8.70. The molecule has 0 radical (unpaired) electrons. The second-order valence-corrected chi connectivity index (χ2v) is 6.20. The first-order valence-electron chi connectivity index (χ1n) is 8.33. The summed E-state index contributed by atoms with van der Waals surface area (Å²) in [5.41, 5.74) is 0. The van der Waals surface area contributed by atoms with Gasteiger partial charge in [0.05, 0.1) is 44.7 Å². The Morgan fingerprint density at radius 2 is 2.22 bits per heavy atom. The maximum absolute atomic E-state index is 10.1.